The van der Waals surface area contributed by atoms with Crippen LogP contribution in [0.25, 0.3) is 11.3 Å². The molecule has 3 aromatic rings. The predicted molar refractivity (Wildman–Crippen MR) is 111 cm³/mol. The first-order chi connectivity index (χ1) is 14.3. The second-order valence-corrected chi connectivity index (χ2v) is 6.71. The number of carbonyl (C=O) groups is 1. The number of ether oxygens (including phenoxy) is 1. The summed E-state index contributed by atoms with van der Waals surface area (Å²) in [6.07, 6.45) is 1.64. The summed E-state index contributed by atoms with van der Waals surface area (Å²) in [4.78, 5) is 21.1. The molecule has 0 bridgehead atoms. The molecule has 0 spiro atoms. The molecule has 0 N–H and O–H groups in total. The highest BCUT2D eigenvalue weighted by Crippen LogP contribution is 2.21. The molecule has 7 heteroatoms. The van der Waals surface area contributed by atoms with Crippen molar-refractivity contribution in [3.8, 4) is 17.1 Å². The fourth-order valence-corrected chi connectivity index (χ4v) is 3.37. The Balaban J connectivity index is 1.40. The Morgan fingerprint density at radius 1 is 0.966 bits per heavy atom. The molecule has 1 aliphatic heterocycles. The number of benzene rings is 1. The maximum atomic E-state index is 12.9. The Kier molecular flexibility index (Phi) is 5.65. The Labute approximate surface area is 170 Å². The predicted octanol–water partition coefficient (Wildman–Crippen LogP) is 2.90. The van der Waals surface area contributed by atoms with Crippen LogP contribution in [0.1, 0.15) is 17.3 Å². The van der Waals surface area contributed by atoms with Gasteiger partial charge in [-0.25, -0.2) is 4.98 Å². The number of nitrogens with zero attached hydrogens (tertiary/aromatic N) is 5. The lowest BCUT2D eigenvalue weighted by Crippen LogP contribution is -2.49. The molecule has 7 nitrogen and oxygen atoms in total. The van der Waals surface area contributed by atoms with Crippen molar-refractivity contribution in [1.29, 1.82) is 0 Å². The van der Waals surface area contributed by atoms with Crippen LogP contribution in [0.15, 0.2) is 60.8 Å². The summed E-state index contributed by atoms with van der Waals surface area (Å²) in [6.45, 7) is 4.99. The molecule has 148 valence electrons. The van der Waals surface area contributed by atoms with E-state index in [0.29, 0.717) is 44.2 Å². The van der Waals surface area contributed by atoms with Gasteiger partial charge in [-0.2, -0.15) is 0 Å². The van der Waals surface area contributed by atoms with Gasteiger partial charge in [0.05, 0.1) is 12.3 Å². The van der Waals surface area contributed by atoms with Gasteiger partial charge in [0.2, 0.25) is 5.88 Å². The number of carbonyl (C=O) groups excluding carboxylic acids is 1. The average molecular weight is 389 g/mol. The molecule has 0 radical (unpaired) electrons. The van der Waals surface area contributed by atoms with Crippen molar-refractivity contribution in [2.45, 2.75) is 6.92 Å². The Morgan fingerprint density at radius 2 is 1.76 bits per heavy atom. The molecule has 0 atom stereocenters. The van der Waals surface area contributed by atoms with Crippen LogP contribution in [0.3, 0.4) is 0 Å². The molecule has 0 unspecified atom stereocenters. The zero-order valence-corrected chi connectivity index (χ0v) is 16.4. The molecular formula is C22H23N5O2. The molecule has 0 aliphatic carbocycles. The van der Waals surface area contributed by atoms with E-state index in [0.717, 1.165) is 17.1 Å². The number of hydrogen-bond donors (Lipinski definition) is 0. The van der Waals surface area contributed by atoms with Crippen molar-refractivity contribution in [3.63, 3.8) is 0 Å². The first-order valence-electron chi connectivity index (χ1n) is 9.77. The third-order valence-corrected chi connectivity index (χ3v) is 4.89. The second kappa shape index (κ2) is 8.68. The highest BCUT2D eigenvalue weighted by molar-refractivity contribution is 5.96. The molecule has 1 fully saturated rings. The molecule has 29 heavy (non-hydrogen) atoms. The van der Waals surface area contributed by atoms with Gasteiger partial charge >= 0.3 is 0 Å². The number of aromatic nitrogens is 3. The molecule has 4 rings (SSSR count). The lowest BCUT2D eigenvalue weighted by Gasteiger charge is -2.35. The normalized spacial score (nSPS) is 14.0. The van der Waals surface area contributed by atoms with Crippen molar-refractivity contribution in [3.05, 3.63) is 66.4 Å². The van der Waals surface area contributed by atoms with E-state index in [1.54, 1.807) is 18.3 Å². The largest absolute Gasteiger partial charge is 0.477 e. The third-order valence-electron chi connectivity index (χ3n) is 4.89. The van der Waals surface area contributed by atoms with Crippen molar-refractivity contribution >= 4 is 11.7 Å². The quantitative estimate of drug-likeness (QED) is 0.668. The van der Waals surface area contributed by atoms with Gasteiger partial charge in [-0.3, -0.25) is 4.79 Å². The van der Waals surface area contributed by atoms with Gasteiger partial charge in [0, 0.05) is 37.9 Å². The smallest absolute Gasteiger partial charge is 0.259 e. The van der Waals surface area contributed by atoms with Crippen molar-refractivity contribution in [2.75, 3.05) is 37.7 Å². The van der Waals surface area contributed by atoms with Crippen LogP contribution in [-0.2, 0) is 0 Å². The summed E-state index contributed by atoms with van der Waals surface area (Å²) in [5, 5.41) is 8.75. The average Bonchev–Trinajstić information content (AvgIpc) is 2.80. The standard InChI is InChI=1S/C22H23N5O2/c1-2-29-21-18(9-6-12-23-21)22(28)27-15-13-26(14-16-27)20-11-10-19(24-25-20)17-7-4-3-5-8-17/h3-12H,2,13-16H2,1H3. The number of anilines is 1. The van der Waals surface area contributed by atoms with Gasteiger partial charge in [-0.05, 0) is 31.2 Å². The highest BCUT2D eigenvalue weighted by Gasteiger charge is 2.25. The fraction of sp³-hybridized carbons (Fsp3) is 0.273. The molecule has 1 saturated heterocycles. The van der Waals surface area contributed by atoms with Crippen molar-refractivity contribution in [2.24, 2.45) is 0 Å². The Morgan fingerprint density at radius 3 is 2.45 bits per heavy atom. The van der Waals surface area contributed by atoms with Crippen LogP contribution >= 0.6 is 0 Å². The minimum Gasteiger partial charge on any atom is -0.477 e. The van der Waals surface area contributed by atoms with Crippen molar-refractivity contribution in [1.82, 2.24) is 20.1 Å². The van der Waals surface area contributed by atoms with Crippen LogP contribution < -0.4 is 9.64 Å². The van der Waals surface area contributed by atoms with E-state index in [2.05, 4.69) is 20.1 Å². The molecule has 1 aromatic carbocycles. The maximum absolute atomic E-state index is 12.9. The van der Waals surface area contributed by atoms with Gasteiger partial charge in [-0.15, -0.1) is 10.2 Å². The van der Waals surface area contributed by atoms with E-state index < -0.39 is 0 Å². The van der Waals surface area contributed by atoms with Gasteiger partial charge in [0.15, 0.2) is 5.82 Å². The summed E-state index contributed by atoms with van der Waals surface area (Å²) in [5.74, 6) is 1.17. The molecule has 2 aromatic heterocycles. The van der Waals surface area contributed by atoms with E-state index in [4.69, 9.17) is 4.74 Å². The Hall–Kier alpha value is -3.48. The molecule has 3 heterocycles. The number of pyridine rings is 1. The summed E-state index contributed by atoms with van der Waals surface area (Å²) >= 11 is 0. The molecule has 1 aliphatic rings. The van der Waals surface area contributed by atoms with E-state index in [9.17, 15) is 4.79 Å². The summed E-state index contributed by atoms with van der Waals surface area (Å²) in [5.41, 5.74) is 2.40. The molecular weight excluding hydrogens is 366 g/mol. The Bertz CT molecular complexity index is 954. The first kappa shape index (κ1) is 18.9. The number of rotatable bonds is 5. The lowest BCUT2D eigenvalue weighted by atomic mass is 10.1. The second-order valence-electron chi connectivity index (χ2n) is 6.71. The van der Waals surface area contributed by atoms with E-state index in [1.807, 2.05) is 54.3 Å². The first-order valence-corrected chi connectivity index (χ1v) is 9.77. The van der Waals surface area contributed by atoms with Crippen LogP contribution in [0.5, 0.6) is 5.88 Å². The minimum atomic E-state index is -0.0493. The minimum absolute atomic E-state index is 0.0493. The van der Waals surface area contributed by atoms with Crippen LogP contribution in [0, 0.1) is 0 Å². The number of hydrogen-bond acceptors (Lipinski definition) is 6. The van der Waals surface area contributed by atoms with Crippen molar-refractivity contribution < 1.29 is 9.53 Å². The van der Waals surface area contributed by atoms with Crippen LogP contribution in [0.4, 0.5) is 5.82 Å². The van der Waals surface area contributed by atoms with E-state index in [1.165, 1.54) is 0 Å². The number of piperazine rings is 1. The lowest BCUT2D eigenvalue weighted by molar-refractivity contribution is 0.0741. The van der Waals surface area contributed by atoms with Crippen LogP contribution in [-0.4, -0.2) is 58.8 Å². The SMILES string of the molecule is CCOc1ncccc1C(=O)N1CCN(c2ccc(-c3ccccc3)nn2)CC1. The van der Waals surface area contributed by atoms with Gasteiger partial charge in [-0.1, -0.05) is 30.3 Å². The molecule has 0 saturated carbocycles. The highest BCUT2D eigenvalue weighted by atomic mass is 16.5. The van der Waals surface area contributed by atoms with Crippen LogP contribution in [0.2, 0.25) is 0 Å². The van der Waals surface area contributed by atoms with Gasteiger partial charge < -0.3 is 14.5 Å². The monoisotopic (exact) mass is 389 g/mol. The third kappa shape index (κ3) is 4.18. The van der Waals surface area contributed by atoms with Gasteiger partial charge in [0.1, 0.15) is 5.56 Å². The summed E-state index contributed by atoms with van der Waals surface area (Å²) < 4.78 is 5.50. The van der Waals surface area contributed by atoms with E-state index in [-0.39, 0.29) is 5.91 Å². The fourth-order valence-electron chi connectivity index (χ4n) is 3.37. The summed E-state index contributed by atoms with van der Waals surface area (Å²) in [6, 6.07) is 17.5. The molecule has 1 amide bonds. The zero-order chi connectivity index (χ0) is 20.1. The zero-order valence-electron chi connectivity index (χ0n) is 16.4. The number of amides is 1. The van der Waals surface area contributed by atoms with E-state index >= 15 is 0 Å². The maximum Gasteiger partial charge on any atom is 0.259 e. The van der Waals surface area contributed by atoms with Gasteiger partial charge in [0.25, 0.3) is 5.91 Å². The topological polar surface area (TPSA) is 71.5 Å². The summed E-state index contributed by atoms with van der Waals surface area (Å²) in [7, 11) is 0.